The topological polar surface area (TPSA) is 12.0 Å². The molecule has 0 fully saturated rings. The van der Waals surface area contributed by atoms with Crippen molar-refractivity contribution in [2.75, 3.05) is 13.6 Å². The molecule has 0 heterocycles. The molecule has 0 radical (unpaired) electrons. The molecular formula is C16H27N. The van der Waals surface area contributed by atoms with Gasteiger partial charge in [-0.3, -0.25) is 0 Å². The molecule has 1 heteroatoms. The van der Waals surface area contributed by atoms with Crippen LogP contribution in [0.2, 0.25) is 0 Å². The van der Waals surface area contributed by atoms with Crippen LogP contribution < -0.4 is 5.32 Å². The molecule has 1 nitrogen and oxygen atoms in total. The zero-order chi connectivity index (χ0) is 12.7. The van der Waals surface area contributed by atoms with E-state index in [2.05, 4.69) is 37.9 Å². The van der Waals surface area contributed by atoms with Gasteiger partial charge in [0.25, 0.3) is 0 Å². The van der Waals surface area contributed by atoms with E-state index in [1.807, 2.05) is 7.05 Å². The fourth-order valence-electron chi connectivity index (χ4n) is 2.16. The summed E-state index contributed by atoms with van der Waals surface area (Å²) in [5, 5.41) is 3.19. The van der Waals surface area contributed by atoms with Crippen LogP contribution in [-0.2, 0) is 0 Å². The first-order chi connectivity index (χ1) is 8.15. The molecule has 0 bridgehead atoms. The van der Waals surface area contributed by atoms with Crippen molar-refractivity contribution in [3.05, 3.63) is 35.5 Å². The molecule has 0 aromatic rings. The Morgan fingerprint density at radius 2 is 2.06 bits per heavy atom. The first-order valence-electron chi connectivity index (χ1n) is 6.87. The Bertz CT molecular complexity index is 307. The minimum atomic E-state index is 0.673. The van der Waals surface area contributed by atoms with Crippen LogP contribution in [0.5, 0.6) is 0 Å². The fraction of sp³-hybridized carbons (Fsp3) is 0.625. The average Bonchev–Trinajstić information content (AvgIpc) is 2.78. The second kappa shape index (κ2) is 7.50. The summed E-state index contributed by atoms with van der Waals surface area (Å²) in [6, 6.07) is 0. The molecule has 0 aliphatic heterocycles. The second-order valence-corrected chi connectivity index (χ2v) is 5.28. The van der Waals surface area contributed by atoms with Crippen LogP contribution in [0, 0.1) is 5.92 Å². The Morgan fingerprint density at radius 1 is 1.29 bits per heavy atom. The van der Waals surface area contributed by atoms with E-state index in [1.165, 1.54) is 30.4 Å². The molecule has 96 valence electrons. The predicted octanol–water partition coefficient (Wildman–Crippen LogP) is 4.23. The lowest BCUT2D eigenvalue weighted by Crippen LogP contribution is -2.06. The van der Waals surface area contributed by atoms with E-state index in [0.717, 1.165) is 19.4 Å². The monoisotopic (exact) mass is 233 g/mol. The van der Waals surface area contributed by atoms with Crippen LogP contribution in [0.1, 0.15) is 46.0 Å². The zero-order valence-electron chi connectivity index (χ0n) is 11.7. The molecule has 0 aromatic carbocycles. The average molecular weight is 233 g/mol. The highest BCUT2D eigenvalue weighted by Gasteiger charge is 2.13. The standard InChI is InChI=1S/C16H27N/c1-13(2)15-9-10-16(12-15)14(3)8-6-5-7-11-17-4/h9-10,13,17H,3,5-8,11-12H2,1-2,4H3. The van der Waals surface area contributed by atoms with E-state index >= 15 is 0 Å². The molecule has 0 saturated heterocycles. The van der Waals surface area contributed by atoms with Gasteiger partial charge in [-0.2, -0.15) is 0 Å². The molecule has 1 rings (SSSR count). The van der Waals surface area contributed by atoms with Crippen molar-refractivity contribution in [3.8, 4) is 0 Å². The van der Waals surface area contributed by atoms with Crippen molar-refractivity contribution < 1.29 is 0 Å². The van der Waals surface area contributed by atoms with E-state index in [9.17, 15) is 0 Å². The highest BCUT2D eigenvalue weighted by molar-refractivity contribution is 5.42. The van der Waals surface area contributed by atoms with Crippen LogP contribution in [0.4, 0.5) is 0 Å². The van der Waals surface area contributed by atoms with Crippen molar-refractivity contribution in [1.82, 2.24) is 5.32 Å². The number of hydrogen-bond acceptors (Lipinski definition) is 1. The molecule has 0 saturated carbocycles. The van der Waals surface area contributed by atoms with E-state index in [0.29, 0.717) is 5.92 Å². The second-order valence-electron chi connectivity index (χ2n) is 5.28. The fourth-order valence-corrected chi connectivity index (χ4v) is 2.16. The maximum Gasteiger partial charge on any atom is -0.00519 e. The van der Waals surface area contributed by atoms with Gasteiger partial charge in [-0.25, -0.2) is 0 Å². The molecule has 17 heavy (non-hydrogen) atoms. The highest BCUT2D eigenvalue weighted by Crippen LogP contribution is 2.30. The summed E-state index contributed by atoms with van der Waals surface area (Å²) in [5.41, 5.74) is 4.36. The lowest BCUT2D eigenvalue weighted by Gasteiger charge is -2.10. The minimum absolute atomic E-state index is 0.673. The summed E-state index contributed by atoms with van der Waals surface area (Å²) in [4.78, 5) is 0. The third kappa shape index (κ3) is 4.91. The van der Waals surface area contributed by atoms with Gasteiger partial charge in [0.2, 0.25) is 0 Å². The summed E-state index contributed by atoms with van der Waals surface area (Å²) in [6.45, 7) is 9.90. The van der Waals surface area contributed by atoms with Crippen LogP contribution >= 0.6 is 0 Å². The Kier molecular flexibility index (Phi) is 6.28. The zero-order valence-corrected chi connectivity index (χ0v) is 11.7. The predicted molar refractivity (Wildman–Crippen MR) is 77.2 cm³/mol. The first-order valence-corrected chi connectivity index (χ1v) is 6.87. The van der Waals surface area contributed by atoms with E-state index in [-0.39, 0.29) is 0 Å². The van der Waals surface area contributed by atoms with Gasteiger partial charge in [0, 0.05) is 0 Å². The molecule has 0 spiro atoms. The Labute approximate surface area is 107 Å². The van der Waals surface area contributed by atoms with Gasteiger partial charge in [0.05, 0.1) is 0 Å². The molecule has 0 atom stereocenters. The summed E-state index contributed by atoms with van der Waals surface area (Å²) in [6.07, 6.45) is 10.7. The van der Waals surface area contributed by atoms with Crippen LogP contribution in [0.15, 0.2) is 35.5 Å². The molecule has 0 aromatic heterocycles. The van der Waals surface area contributed by atoms with Gasteiger partial charge in [-0.15, -0.1) is 0 Å². The Hall–Kier alpha value is -0.820. The lowest BCUT2D eigenvalue weighted by molar-refractivity contribution is 0.641. The summed E-state index contributed by atoms with van der Waals surface area (Å²) >= 11 is 0. The lowest BCUT2D eigenvalue weighted by atomic mass is 9.95. The van der Waals surface area contributed by atoms with Crippen LogP contribution in [-0.4, -0.2) is 13.6 Å². The van der Waals surface area contributed by atoms with Gasteiger partial charge >= 0.3 is 0 Å². The maximum absolute atomic E-state index is 4.23. The largest absolute Gasteiger partial charge is 0.320 e. The third-order valence-corrected chi connectivity index (χ3v) is 3.49. The van der Waals surface area contributed by atoms with Crippen molar-refractivity contribution >= 4 is 0 Å². The van der Waals surface area contributed by atoms with E-state index < -0.39 is 0 Å². The third-order valence-electron chi connectivity index (χ3n) is 3.49. The summed E-state index contributed by atoms with van der Waals surface area (Å²) < 4.78 is 0. The minimum Gasteiger partial charge on any atom is -0.320 e. The van der Waals surface area contributed by atoms with Crippen LogP contribution in [0.25, 0.3) is 0 Å². The van der Waals surface area contributed by atoms with Crippen molar-refractivity contribution in [2.45, 2.75) is 46.0 Å². The number of unbranched alkanes of at least 4 members (excludes halogenated alkanes) is 2. The van der Waals surface area contributed by atoms with Gasteiger partial charge in [-0.05, 0) is 50.8 Å². The van der Waals surface area contributed by atoms with Crippen molar-refractivity contribution in [3.63, 3.8) is 0 Å². The maximum atomic E-state index is 4.23. The first kappa shape index (κ1) is 14.2. The van der Waals surface area contributed by atoms with Crippen LogP contribution in [0.3, 0.4) is 0 Å². The highest BCUT2D eigenvalue weighted by atomic mass is 14.8. The van der Waals surface area contributed by atoms with Crippen molar-refractivity contribution in [2.24, 2.45) is 5.92 Å². The van der Waals surface area contributed by atoms with E-state index in [4.69, 9.17) is 0 Å². The summed E-state index contributed by atoms with van der Waals surface area (Å²) in [5.74, 6) is 0.673. The van der Waals surface area contributed by atoms with E-state index in [1.54, 1.807) is 5.57 Å². The molecule has 1 aliphatic rings. The van der Waals surface area contributed by atoms with Gasteiger partial charge in [0.15, 0.2) is 0 Å². The number of allylic oxidation sites excluding steroid dienone is 5. The van der Waals surface area contributed by atoms with Crippen molar-refractivity contribution in [1.29, 1.82) is 0 Å². The smallest absolute Gasteiger partial charge is 0.00519 e. The van der Waals surface area contributed by atoms with Gasteiger partial charge in [-0.1, -0.05) is 50.1 Å². The number of rotatable bonds is 8. The quantitative estimate of drug-likeness (QED) is 0.618. The molecule has 1 aliphatic carbocycles. The molecule has 0 amide bonds. The summed E-state index contributed by atoms with van der Waals surface area (Å²) in [7, 11) is 2.02. The van der Waals surface area contributed by atoms with Gasteiger partial charge < -0.3 is 5.32 Å². The SMILES string of the molecule is C=C(CCCCCNC)C1=CC=C(C(C)C)C1. The van der Waals surface area contributed by atoms with Gasteiger partial charge in [0.1, 0.15) is 0 Å². The number of hydrogen-bond donors (Lipinski definition) is 1. The Balaban J connectivity index is 2.18. The number of nitrogens with one attached hydrogen (secondary N) is 1. The molecular weight excluding hydrogens is 206 g/mol. The molecule has 1 N–H and O–H groups in total. The normalized spacial score (nSPS) is 15.1. The Morgan fingerprint density at radius 3 is 2.65 bits per heavy atom. The molecule has 0 unspecified atom stereocenters.